The van der Waals surface area contributed by atoms with Gasteiger partial charge in [0.15, 0.2) is 5.78 Å². The number of ketones is 1. The lowest BCUT2D eigenvalue weighted by atomic mass is 10.1. The Morgan fingerprint density at radius 1 is 1.03 bits per heavy atom. The first-order chi connectivity index (χ1) is 13.8. The topological polar surface area (TPSA) is 89.8 Å². The number of benzene rings is 2. The Balaban J connectivity index is 1.69. The minimum Gasteiger partial charge on any atom is -0.326 e. The monoisotopic (exact) mass is 429 g/mol. The van der Waals surface area contributed by atoms with E-state index in [2.05, 4.69) is 20.8 Å². The van der Waals surface area contributed by atoms with E-state index in [1.54, 1.807) is 53.2 Å². The van der Waals surface area contributed by atoms with Gasteiger partial charge in [0.05, 0.1) is 10.9 Å². The summed E-state index contributed by atoms with van der Waals surface area (Å²) in [4.78, 5) is 24.6. The van der Waals surface area contributed by atoms with Gasteiger partial charge >= 0.3 is 0 Å². The number of hydrogen-bond acceptors (Lipinski definition) is 6. The van der Waals surface area contributed by atoms with Gasteiger partial charge in [0.1, 0.15) is 0 Å². The summed E-state index contributed by atoms with van der Waals surface area (Å²) in [5, 5.41) is 15.3. The molecule has 0 spiro atoms. The number of aromatic nitrogens is 4. The quantitative estimate of drug-likeness (QED) is 0.445. The fourth-order valence-corrected chi connectivity index (χ4v) is 3.46. The smallest absolute Gasteiger partial charge is 0.226 e. The van der Waals surface area contributed by atoms with E-state index in [0.29, 0.717) is 21.4 Å². The van der Waals surface area contributed by atoms with Crippen LogP contribution in [0.3, 0.4) is 0 Å². The van der Waals surface area contributed by atoms with Crippen LogP contribution in [-0.4, -0.2) is 37.1 Å². The van der Waals surface area contributed by atoms with Crippen LogP contribution in [0, 0.1) is 5.92 Å². The number of amides is 1. The maximum Gasteiger partial charge on any atom is 0.226 e. The first kappa shape index (κ1) is 21.0. The van der Waals surface area contributed by atoms with E-state index in [-0.39, 0.29) is 17.6 Å². The van der Waals surface area contributed by atoms with Crippen molar-refractivity contribution in [2.75, 3.05) is 5.32 Å². The third kappa shape index (κ3) is 5.21. The largest absolute Gasteiger partial charge is 0.326 e. The van der Waals surface area contributed by atoms with Gasteiger partial charge in [-0.15, -0.1) is 5.10 Å². The molecule has 7 nitrogen and oxygen atoms in total. The highest BCUT2D eigenvalue weighted by Crippen LogP contribution is 2.26. The Kier molecular flexibility index (Phi) is 6.66. The standard InChI is InChI=1S/C20H20ClN5O2S/c1-12(2)19(28)22-16-8-4-14(5-9-16)18(27)13(3)29-20-23-24-25-26(20)17-10-6-15(21)7-11-17/h4-13H,1-3H3,(H,22,28). The van der Waals surface area contributed by atoms with Gasteiger partial charge in [-0.25, -0.2) is 0 Å². The average Bonchev–Trinajstić information content (AvgIpc) is 3.16. The van der Waals surface area contributed by atoms with Gasteiger partial charge in [-0.3, -0.25) is 9.59 Å². The van der Waals surface area contributed by atoms with Crippen LogP contribution in [0.15, 0.2) is 53.7 Å². The molecule has 3 aromatic rings. The summed E-state index contributed by atoms with van der Waals surface area (Å²) in [5.74, 6) is -0.233. The van der Waals surface area contributed by atoms with Crippen molar-refractivity contribution in [3.05, 3.63) is 59.1 Å². The molecule has 0 bridgehead atoms. The van der Waals surface area contributed by atoms with Crippen LogP contribution in [0.25, 0.3) is 5.69 Å². The summed E-state index contributed by atoms with van der Waals surface area (Å²) in [7, 11) is 0. The molecular weight excluding hydrogens is 410 g/mol. The molecule has 0 radical (unpaired) electrons. The molecule has 150 valence electrons. The molecule has 29 heavy (non-hydrogen) atoms. The lowest BCUT2D eigenvalue weighted by Gasteiger charge is -2.11. The highest BCUT2D eigenvalue weighted by Gasteiger charge is 2.20. The third-order valence-corrected chi connectivity index (χ3v) is 5.41. The van der Waals surface area contributed by atoms with Crippen molar-refractivity contribution in [2.24, 2.45) is 5.92 Å². The van der Waals surface area contributed by atoms with Crippen LogP contribution < -0.4 is 5.32 Å². The summed E-state index contributed by atoms with van der Waals surface area (Å²) in [6.07, 6.45) is 0. The summed E-state index contributed by atoms with van der Waals surface area (Å²) in [5.41, 5.74) is 1.97. The Morgan fingerprint density at radius 3 is 2.31 bits per heavy atom. The molecule has 0 saturated heterocycles. The predicted molar refractivity (Wildman–Crippen MR) is 114 cm³/mol. The lowest BCUT2D eigenvalue weighted by molar-refractivity contribution is -0.118. The first-order valence-corrected chi connectivity index (χ1v) is 10.3. The molecule has 0 fully saturated rings. The van der Waals surface area contributed by atoms with Gasteiger partial charge in [0, 0.05) is 22.2 Å². The van der Waals surface area contributed by atoms with Crippen LogP contribution in [-0.2, 0) is 4.79 Å². The molecular formula is C20H20ClN5O2S. The summed E-state index contributed by atoms with van der Waals surface area (Å²) in [6.45, 7) is 5.45. The van der Waals surface area contributed by atoms with Crippen molar-refractivity contribution in [3.63, 3.8) is 0 Å². The Hall–Kier alpha value is -2.71. The van der Waals surface area contributed by atoms with Crippen molar-refractivity contribution in [1.82, 2.24) is 20.2 Å². The summed E-state index contributed by atoms with van der Waals surface area (Å²) in [6, 6.07) is 14.0. The highest BCUT2D eigenvalue weighted by atomic mass is 35.5. The number of anilines is 1. The number of rotatable bonds is 7. The number of tetrazole rings is 1. The Morgan fingerprint density at radius 2 is 1.69 bits per heavy atom. The molecule has 1 aromatic heterocycles. The molecule has 0 saturated carbocycles. The summed E-state index contributed by atoms with van der Waals surface area (Å²) >= 11 is 7.20. The zero-order valence-electron chi connectivity index (χ0n) is 16.2. The number of halogens is 1. The number of nitrogens with one attached hydrogen (secondary N) is 1. The zero-order valence-corrected chi connectivity index (χ0v) is 17.7. The van der Waals surface area contributed by atoms with E-state index in [1.165, 1.54) is 11.8 Å². The van der Waals surface area contributed by atoms with Crippen molar-refractivity contribution >= 4 is 40.7 Å². The number of carbonyl (C=O) groups is 2. The Bertz CT molecular complexity index is 1000. The van der Waals surface area contributed by atoms with Gasteiger partial charge in [-0.05, 0) is 65.9 Å². The van der Waals surface area contributed by atoms with Gasteiger partial charge in [-0.1, -0.05) is 37.2 Å². The van der Waals surface area contributed by atoms with E-state index in [4.69, 9.17) is 11.6 Å². The van der Waals surface area contributed by atoms with Crippen LogP contribution in [0.4, 0.5) is 5.69 Å². The second-order valence-electron chi connectivity index (χ2n) is 6.70. The fourth-order valence-electron chi connectivity index (χ4n) is 2.45. The van der Waals surface area contributed by atoms with Gasteiger partial charge < -0.3 is 5.32 Å². The molecule has 0 aliphatic heterocycles. The number of thioether (sulfide) groups is 1. The minimum atomic E-state index is -0.400. The van der Waals surface area contributed by atoms with Gasteiger partial charge in [0.25, 0.3) is 0 Å². The molecule has 3 rings (SSSR count). The molecule has 1 unspecified atom stereocenters. The molecule has 1 heterocycles. The molecule has 1 N–H and O–H groups in total. The van der Waals surface area contributed by atoms with E-state index in [1.807, 2.05) is 20.8 Å². The molecule has 0 aliphatic rings. The van der Waals surface area contributed by atoms with Crippen LogP contribution in [0.2, 0.25) is 5.02 Å². The number of nitrogens with zero attached hydrogens (tertiary/aromatic N) is 4. The van der Waals surface area contributed by atoms with Crippen LogP contribution in [0.1, 0.15) is 31.1 Å². The van der Waals surface area contributed by atoms with Gasteiger partial charge in [-0.2, -0.15) is 4.68 Å². The van der Waals surface area contributed by atoms with Crippen LogP contribution in [0.5, 0.6) is 0 Å². The van der Waals surface area contributed by atoms with E-state index in [0.717, 1.165) is 5.69 Å². The minimum absolute atomic E-state index is 0.0533. The SMILES string of the molecule is CC(C)C(=O)Nc1ccc(C(=O)C(C)Sc2nnnn2-c2ccc(Cl)cc2)cc1. The molecule has 2 aromatic carbocycles. The predicted octanol–water partition coefficient (Wildman–Crippen LogP) is 4.27. The zero-order chi connectivity index (χ0) is 21.0. The van der Waals surface area contributed by atoms with Crippen LogP contribution >= 0.6 is 23.4 Å². The maximum atomic E-state index is 12.8. The van der Waals surface area contributed by atoms with E-state index < -0.39 is 5.25 Å². The van der Waals surface area contributed by atoms with E-state index in [9.17, 15) is 9.59 Å². The lowest BCUT2D eigenvalue weighted by Crippen LogP contribution is -2.18. The van der Waals surface area contributed by atoms with Crippen molar-refractivity contribution < 1.29 is 9.59 Å². The third-order valence-electron chi connectivity index (χ3n) is 4.12. The highest BCUT2D eigenvalue weighted by molar-refractivity contribution is 8.00. The van der Waals surface area contributed by atoms with E-state index >= 15 is 0 Å². The number of hydrogen-bond donors (Lipinski definition) is 1. The molecule has 1 atom stereocenters. The second-order valence-corrected chi connectivity index (χ2v) is 8.44. The molecule has 1 amide bonds. The maximum absolute atomic E-state index is 12.8. The summed E-state index contributed by atoms with van der Waals surface area (Å²) < 4.78 is 1.56. The van der Waals surface area contributed by atoms with Crippen molar-refractivity contribution in [1.29, 1.82) is 0 Å². The van der Waals surface area contributed by atoms with Crippen molar-refractivity contribution in [2.45, 2.75) is 31.2 Å². The first-order valence-electron chi connectivity index (χ1n) is 9.01. The molecule has 0 aliphatic carbocycles. The fraction of sp³-hybridized carbons (Fsp3) is 0.250. The van der Waals surface area contributed by atoms with Crippen molar-refractivity contribution in [3.8, 4) is 5.69 Å². The number of Topliss-reactive ketones (excluding diaryl/α,β-unsaturated/α-hetero) is 1. The van der Waals surface area contributed by atoms with Gasteiger partial charge in [0.2, 0.25) is 11.1 Å². The Labute approximate surface area is 177 Å². The number of carbonyl (C=O) groups excluding carboxylic acids is 2. The normalized spacial score (nSPS) is 12.0. The second kappa shape index (κ2) is 9.19. The molecule has 9 heteroatoms. The average molecular weight is 430 g/mol.